The van der Waals surface area contributed by atoms with Gasteiger partial charge in [0.05, 0.1) is 6.54 Å². The molecule has 0 bridgehead atoms. The summed E-state index contributed by atoms with van der Waals surface area (Å²) < 4.78 is 2.05. The highest BCUT2D eigenvalue weighted by atomic mass is 15.4. The lowest BCUT2D eigenvalue weighted by atomic mass is 10.1. The molecule has 102 valence electrons. The molecule has 0 spiro atoms. The van der Waals surface area contributed by atoms with Crippen LogP contribution in [-0.2, 0) is 13.1 Å². The summed E-state index contributed by atoms with van der Waals surface area (Å²) in [6.07, 6.45) is 1.68. The van der Waals surface area contributed by atoms with Gasteiger partial charge >= 0.3 is 0 Å². The zero-order valence-electron chi connectivity index (χ0n) is 11.9. The van der Waals surface area contributed by atoms with E-state index in [2.05, 4.69) is 48.0 Å². The van der Waals surface area contributed by atoms with E-state index in [-0.39, 0.29) is 0 Å². The molecule has 1 saturated heterocycles. The third-order valence-electron chi connectivity index (χ3n) is 3.57. The molecule has 1 fully saturated rings. The first-order chi connectivity index (χ1) is 8.58. The molecule has 0 radical (unpaired) electrons. The fraction of sp³-hybridized carbons (Fsp3) is 0.846. The molecule has 1 N–H and O–H groups in total. The highest BCUT2D eigenvalue weighted by Crippen LogP contribution is 2.14. The van der Waals surface area contributed by atoms with Gasteiger partial charge in [0.25, 0.3) is 0 Å². The SMILES string of the molecule is CC(C)Cn1ncnc1CN1C(C)CNCC1C. The van der Waals surface area contributed by atoms with Gasteiger partial charge in [-0.25, -0.2) is 9.67 Å². The third kappa shape index (κ3) is 3.09. The molecule has 5 heteroatoms. The topological polar surface area (TPSA) is 46.0 Å². The number of hydrogen-bond acceptors (Lipinski definition) is 4. The second kappa shape index (κ2) is 5.80. The Hall–Kier alpha value is -0.940. The van der Waals surface area contributed by atoms with Crippen molar-refractivity contribution in [3.05, 3.63) is 12.2 Å². The first kappa shape index (κ1) is 13.5. The van der Waals surface area contributed by atoms with Gasteiger partial charge in [-0.1, -0.05) is 13.8 Å². The van der Waals surface area contributed by atoms with Crippen molar-refractivity contribution in [3.8, 4) is 0 Å². The predicted octanol–water partition coefficient (Wildman–Crippen LogP) is 1.12. The average Bonchev–Trinajstić information content (AvgIpc) is 2.70. The van der Waals surface area contributed by atoms with Crippen molar-refractivity contribution in [2.45, 2.75) is 52.9 Å². The van der Waals surface area contributed by atoms with E-state index < -0.39 is 0 Å². The summed E-state index contributed by atoms with van der Waals surface area (Å²) in [5.74, 6) is 1.69. The number of rotatable bonds is 4. The normalized spacial score (nSPS) is 25.8. The molecule has 2 rings (SSSR count). The van der Waals surface area contributed by atoms with Crippen molar-refractivity contribution in [2.75, 3.05) is 13.1 Å². The van der Waals surface area contributed by atoms with Crippen LogP contribution in [0.1, 0.15) is 33.5 Å². The molecular formula is C13H25N5. The summed E-state index contributed by atoms with van der Waals surface area (Å²) in [5, 5.41) is 7.79. The lowest BCUT2D eigenvalue weighted by Crippen LogP contribution is -2.54. The summed E-state index contributed by atoms with van der Waals surface area (Å²) >= 11 is 0. The minimum Gasteiger partial charge on any atom is -0.314 e. The molecule has 1 aromatic rings. The maximum atomic E-state index is 4.42. The molecule has 0 amide bonds. The van der Waals surface area contributed by atoms with Crippen LogP contribution in [0.3, 0.4) is 0 Å². The molecule has 1 aliphatic rings. The molecule has 5 nitrogen and oxygen atoms in total. The fourth-order valence-corrected chi connectivity index (χ4v) is 2.55. The second-order valence-corrected chi connectivity index (χ2v) is 5.78. The Morgan fingerprint density at radius 2 is 2.00 bits per heavy atom. The second-order valence-electron chi connectivity index (χ2n) is 5.78. The van der Waals surface area contributed by atoms with Crippen molar-refractivity contribution < 1.29 is 0 Å². The standard InChI is InChI=1S/C13H25N5/c1-10(2)7-18-13(15-9-16-18)8-17-11(3)5-14-6-12(17)4/h9-12,14H,5-8H2,1-4H3. The van der Waals surface area contributed by atoms with Crippen LogP contribution in [0.15, 0.2) is 6.33 Å². The van der Waals surface area contributed by atoms with E-state index in [4.69, 9.17) is 0 Å². The Kier molecular flexibility index (Phi) is 4.35. The zero-order valence-corrected chi connectivity index (χ0v) is 11.9. The number of nitrogens with zero attached hydrogens (tertiary/aromatic N) is 4. The molecule has 0 aromatic carbocycles. The Balaban J connectivity index is 2.06. The lowest BCUT2D eigenvalue weighted by molar-refractivity contribution is 0.103. The van der Waals surface area contributed by atoms with Crippen LogP contribution in [-0.4, -0.2) is 44.8 Å². The smallest absolute Gasteiger partial charge is 0.141 e. The predicted molar refractivity (Wildman–Crippen MR) is 72.2 cm³/mol. The molecular weight excluding hydrogens is 226 g/mol. The minimum absolute atomic E-state index is 0.554. The molecule has 2 unspecified atom stereocenters. The summed E-state index contributed by atoms with van der Waals surface area (Å²) in [6, 6.07) is 1.11. The highest BCUT2D eigenvalue weighted by molar-refractivity contribution is 4.90. The van der Waals surface area contributed by atoms with Crippen molar-refractivity contribution in [2.24, 2.45) is 5.92 Å². The van der Waals surface area contributed by atoms with Gasteiger partial charge in [0.2, 0.25) is 0 Å². The van der Waals surface area contributed by atoms with Gasteiger partial charge in [0, 0.05) is 31.7 Å². The van der Waals surface area contributed by atoms with Gasteiger partial charge in [-0.05, 0) is 19.8 Å². The van der Waals surface area contributed by atoms with Crippen LogP contribution >= 0.6 is 0 Å². The van der Waals surface area contributed by atoms with E-state index >= 15 is 0 Å². The minimum atomic E-state index is 0.554. The quantitative estimate of drug-likeness (QED) is 0.871. The van der Waals surface area contributed by atoms with Crippen molar-refractivity contribution in [1.29, 1.82) is 0 Å². The molecule has 2 atom stereocenters. The van der Waals surface area contributed by atoms with Gasteiger partial charge in [-0.15, -0.1) is 0 Å². The number of piperazine rings is 1. The van der Waals surface area contributed by atoms with Crippen LogP contribution in [0.4, 0.5) is 0 Å². The van der Waals surface area contributed by atoms with Crippen LogP contribution < -0.4 is 5.32 Å². The van der Waals surface area contributed by atoms with Crippen molar-refractivity contribution in [1.82, 2.24) is 25.0 Å². The van der Waals surface area contributed by atoms with E-state index in [0.29, 0.717) is 18.0 Å². The fourth-order valence-electron chi connectivity index (χ4n) is 2.55. The van der Waals surface area contributed by atoms with Crippen LogP contribution in [0.25, 0.3) is 0 Å². The van der Waals surface area contributed by atoms with Crippen LogP contribution in [0, 0.1) is 5.92 Å². The first-order valence-corrected chi connectivity index (χ1v) is 6.91. The van der Waals surface area contributed by atoms with Gasteiger partial charge in [-0.3, -0.25) is 4.90 Å². The Labute approximate surface area is 110 Å². The van der Waals surface area contributed by atoms with E-state index in [1.54, 1.807) is 6.33 Å². The largest absolute Gasteiger partial charge is 0.314 e. The van der Waals surface area contributed by atoms with E-state index in [0.717, 1.165) is 32.0 Å². The molecule has 0 saturated carbocycles. The zero-order chi connectivity index (χ0) is 13.1. The maximum Gasteiger partial charge on any atom is 0.141 e. The summed E-state index contributed by atoms with van der Waals surface area (Å²) in [4.78, 5) is 6.93. The highest BCUT2D eigenvalue weighted by Gasteiger charge is 2.25. The van der Waals surface area contributed by atoms with E-state index in [1.807, 2.05) is 4.68 Å². The number of nitrogens with one attached hydrogen (secondary N) is 1. The summed E-state index contributed by atoms with van der Waals surface area (Å²) in [7, 11) is 0. The van der Waals surface area contributed by atoms with Gasteiger partial charge in [0.1, 0.15) is 12.2 Å². The van der Waals surface area contributed by atoms with Crippen molar-refractivity contribution >= 4 is 0 Å². The monoisotopic (exact) mass is 251 g/mol. The van der Waals surface area contributed by atoms with Gasteiger partial charge < -0.3 is 5.32 Å². The van der Waals surface area contributed by atoms with E-state index in [1.165, 1.54) is 0 Å². The van der Waals surface area contributed by atoms with Crippen LogP contribution in [0.5, 0.6) is 0 Å². The lowest BCUT2D eigenvalue weighted by Gasteiger charge is -2.39. The van der Waals surface area contributed by atoms with Gasteiger partial charge in [0.15, 0.2) is 0 Å². The first-order valence-electron chi connectivity index (χ1n) is 6.91. The molecule has 1 aliphatic heterocycles. The van der Waals surface area contributed by atoms with Gasteiger partial charge in [-0.2, -0.15) is 5.10 Å². The molecule has 2 heterocycles. The number of hydrogen-bond donors (Lipinski definition) is 1. The molecule has 0 aliphatic carbocycles. The average molecular weight is 251 g/mol. The molecule has 1 aromatic heterocycles. The maximum absolute atomic E-state index is 4.42. The van der Waals surface area contributed by atoms with Crippen molar-refractivity contribution in [3.63, 3.8) is 0 Å². The summed E-state index contributed by atoms with van der Waals surface area (Å²) in [6.45, 7) is 12.9. The Bertz CT molecular complexity index is 363. The third-order valence-corrected chi connectivity index (χ3v) is 3.57. The summed E-state index contributed by atoms with van der Waals surface area (Å²) in [5.41, 5.74) is 0. The molecule has 18 heavy (non-hydrogen) atoms. The van der Waals surface area contributed by atoms with Crippen LogP contribution in [0.2, 0.25) is 0 Å². The Morgan fingerprint density at radius 3 is 2.61 bits per heavy atom. The number of aromatic nitrogens is 3. The Morgan fingerprint density at radius 1 is 1.33 bits per heavy atom. The van der Waals surface area contributed by atoms with E-state index in [9.17, 15) is 0 Å².